The molecule has 3 aromatic rings. The predicted octanol–water partition coefficient (Wildman–Crippen LogP) is 2.76. The Balaban J connectivity index is 1.91. The molecule has 0 fully saturated rings. The van der Waals surface area contributed by atoms with E-state index >= 15 is 0 Å². The molecule has 26 heavy (non-hydrogen) atoms. The van der Waals surface area contributed by atoms with E-state index in [4.69, 9.17) is 4.42 Å². The Morgan fingerprint density at radius 1 is 1.15 bits per heavy atom. The summed E-state index contributed by atoms with van der Waals surface area (Å²) in [6, 6.07) is 10.8. The summed E-state index contributed by atoms with van der Waals surface area (Å²) in [5, 5.41) is 1.47. The van der Waals surface area contributed by atoms with Crippen LogP contribution in [0.1, 0.15) is 21.4 Å². The standard InChI is InChI=1S/C18H15FN2O4S/c19-14-5-7-15(8-6-14)26(23,24)17(13-3-1-9-20-11-13)12-21-18(22)16-4-2-10-25-16/h1-11,17H,12H2,(H,21,22)/t17-/m0/s1. The number of hydrogen-bond donors (Lipinski definition) is 1. The lowest BCUT2D eigenvalue weighted by molar-refractivity contribution is 0.0926. The lowest BCUT2D eigenvalue weighted by Crippen LogP contribution is -2.31. The van der Waals surface area contributed by atoms with Gasteiger partial charge in [0.2, 0.25) is 0 Å². The Hall–Kier alpha value is -3.00. The van der Waals surface area contributed by atoms with E-state index < -0.39 is 26.8 Å². The fourth-order valence-corrected chi connectivity index (χ4v) is 4.09. The summed E-state index contributed by atoms with van der Waals surface area (Å²) in [4.78, 5) is 16.0. The van der Waals surface area contributed by atoms with E-state index in [1.165, 1.54) is 36.9 Å². The fourth-order valence-electron chi connectivity index (χ4n) is 2.44. The zero-order valence-electron chi connectivity index (χ0n) is 13.5. The van der Waals surface area contributed by atoms with E-state index in [9.17, 15) is 17.6 Å². The van der Waals surface area contributed by atoms with Crippen LogP contribution in [-0.2, 0) is 9.84 Å². The average Bonchev–Trinajstić information content (AvgIpc) is 3.17. The molecule has 0 saturated carbocycles. The number of sulfone groups is 1. The van der Waals surface area contributed by atoms with Crippen LogP contribution < -0.4 is 5.32 Å². The van der Waals surface area contributed by atoms with Gasteiger partial charge in [0.1, 0.15) is 11.1 Å². The third-order valence-electron chi connectivity index (χ3n) is 3.77. The maximum atomic E-state index is 13.1. The quantitative estimate of drug-likeness (QED) is 0.670. The van der Waals surface area contributed by atoms with Gasteiger partial charge in [-0.15, -0.1) is 0 Å². The van der Waals surface area contributed by atoms with E-state index in [1.54, 1.807) is 18.2 Å². The monoisotopic (exact) mass is 374 g/mol. The molecule has 1 amide bonds. The lowest BCUT2D eigenvalue weighted by atomic mass is 10.2. The molecule has 6 nitrogen and oxygen atoms in total. The molecular weight excluding hydrogens is 359 g/mol. The number of hydrogen-bond acceptors (Lipinski definition) is 5. The molecule has 0 aliphatic carbocycles. The molecule has 3 rings (SSSR count). The molecule has 0 saturated heterocycles. The summed E-state index contributed by atoms with van der Waals surface area (Å²) in [7, 11) is -3.89. The van der Waals surface area contributed by atoms with Crippen LogP contribution in [0.25, 0.3) is 0 Å². The summed E-state index contributed by atoms with van der Waals surface area (Å²) in [6.07, 6.45) is 4.29. The van der Waals surface area contributed by atoms with Crippen molar-refractivity contribution >= 4 is 15.7 Å². The molecule has 2 heterocycles. The van der Waals surface area contributed by atoms with Gasteiger partial charge < -0.3 is 9.73 Å². The largest absolute Gasteiger partial charge is 0.459 e. The first kappa shape index (κ1) is 17.8. The van der Waals surface area contributed by atoms with Gasteiger partial charge in [0.05, 0.1) is 11.2 Å². The van der Waals surface area contributed by atoms with Crippen LogP contribution >= 0.6 is 0 Å². The van der Waals surface area contributed by atoms with Crippen LogP contribution in [0.4, 0.5) is 4.39 Å². The van der Waals surface area contributed by atoms with E-state index in [-0.39, 0.29) is 17.2 Å². The molecule has 0 bridgehead atoms. The molecule has 0 unspecified atom stereocenters. The molecule has 1 N–H and O–H groups in total. The Bertz CT molecular complexity index is 972. The summed E-state index contributed by atoms with van der Waals surface area (Å²) in [5.74, 6) is -0.986. The number of carbonyl (C=O) groups excluding carboxylic acids is 1. The van der Waals surface area contributed by atoms with Gasteiger partial charge in [-0.05, 0) is 48.0 Å². The number of nitrogens with one attached hydrogen (secondary N) is 1. The van der Waals surface area contributed by atoms with E-state index in [1.807, 2.05) is 0 Å². The van der Waals surface area contributed by atoms with E-state index in [2.05, 4.69) is 10.3 Å². The van der Waals surface area contributed by atoms with Crippen LogP contribution in [0.5, 0.6) is 0 Å². The third-order valence-corrected chi connectivity index (χ3v) is 5.88. The molecule has 2 aromatic heterocycles. The normalized spacial score (nSPS) is 12.5. The number of pyridine rings is 1. The number of amides is 1. The minimum Gasteiger partial charge on any atom is -0.459 e. The third kappa shape index (κ3) is 3.80. The highest BCUT2D eigenvalue weighted by atomic mass is 32.2. The topological polar surface area (TPSA) is 89.3 Å². The van der Waals surface area contributed by atoms with E-state index in [0.29, 0.717) is 5.56 Å². The van der Waals surface area contributed by atoms with Crippen LogP contribution in [0.15, 0.2) is 76.5 Å². The van der Waals surface area contributed by atoms with Crippen molar-refractivity contribution in [2.45, 2.75) is 10.1 Å². The lowest BCUT2D eigenvalue weighted by Gasteiger charge is -2.18. The number of halogens is 1. The Morgan fingerprint density at radius 2 is 1.92 bits per heavy atom. The first-order valence-electron chi connectivity index (χ1n) is 7.69. The molecule has 0 aliphatic rings. The first-order valence-corrected chi connectivity index (χ1v) is 9.24. The Morgan fingerprint density at radius 3 is 2.54 bits per heavy atom. The van der Waals surface area contributed by atoms with Gasteiger partial charge in [0.25, 0.3) is 5.91 Å². The highest BCUT2D eigenvalue weighted by Gasteiger charge is 2.30. The molecule has 0 aliphatic heterocycles. The number of nitrogens with zero attached hydrogens (tertiary/aromatic N) is 1. The van der Waals surface area contributed by atoms with Gasteiger partial charge in [0, 0.05) is 18.9 Å². The van der Waals surface area contributed by atoms with Crippen molar-refractivity contribution in [3.05, 3.63) is 84.3 Å². The zero-order valence-corrected chi connectivity index (χ0v) is 14.3. The second kappa shape index (κ2) is 7.49. The maximum Gasteiger partial charge on any atom is 0.287 e. The zero-order chi connectivity index (χ0) is 18.6. The van der Waals surface area contributed by atoms with Gasteiger partial charge in [-0.3, -0.25) is 9.78 Å². The first-order chi connectivity index (χ1) is 12.5. The van der Waals surface area contributed by atoms with Crippen LogP contribution in [-0.4, -0.2) is 25.9 Å². The molecule has 1 aromatic carbocycles. The number of aromatic nitrogens is 1. The SMILES string of the molecule is O=C(NC[C@@H](c1cccnc1)S(=O)(=O)c1ccc(F)cc1)c1ccco1. The smallest absolute Gasteiger partial charge is 0.287 e. The highest BCUT2D eigenvalue weighted by Crippen LogP contribution is 2.28. The van der Waals surface area contributed by atoms with Crippen molar-refractivity contribution in [2.75, 3.05) is 6.54 Å². The van der Waals surface area contributed by atoms with Gasteiger partial charge in [-0.25, -0.2) is 12.8 Å². The van der Waals surface area contributed by atoms with Crippen molar-refractivity contribution < 1.29 is 22.0 Å². The molecule has 134 valence electrons. The van der Waals surface area contributed by atoms with Gasteiger partial charge in [0.15, 0.2) is 15.6 Å². The van der Waals surface area contributed by atoms with Crippen molar-refractivity contribution in [1.29, 1.82) is 0 Å². The van der Waals surface area contributed by atoms with Gasteiger partial charge in [-0.2, -0.15) is 0 Å². The Kier molecular flexibility index (Phi) is 5.13. The summed E-state index contributed by atoms with van der Waals surface area (Å²) >= 11 is 0. The number of rotatable bonds is 6. The minimum atomic E-state index is -3.89. The molecular formula is C18H15FN2O4S. The van der Waals surface area contributed by atoms with Crippen molar-refractivity contribution in [3.8, 4) is 0 Å². The fraction of sp³-hybridized carbons (Fsp3) is 0.111. The summed E-state index contributed by atoms with van der Waals surface area (Å²) < 4.78 is 44.2. The van der Waals surface area contributed by atoms with Crippen LogP contribution in [0.2, 0.25) is 0 Å². The minimum absolute atomic E-state index is 0.0417. The van der Waals surface area contributed by atoms with Gasteiger partial charge >= 0.3 is 0 Å². The van der Waals surface area contributed by atoms with Crippen molar-refractivity contribution in [1.82, 2.24) is 10.3 Å². The number of benzene rings is 1. The maximum absolute atomic E-state index is 13.1. The predicted molar refractivity (Wildman–Crippen MR) is 91.6 cm³/mol. The second-order valence-corrected chi connectivity index (χ2v) is 7.59. The second-order valence-electron chi connectivity index (χ2n) is 5.46. The average molecular weight is 374 g/mol. The van der Waals surface area contributed by atoms with E-state index in [0.717, 1.165) is 12.1 Å². The van der Waals surface area contributed by atoms with Gasteiger partial charge in [-0.1, -0.05) is 6.07 Å². The Labute approximate surface area is 149 Å². The van der Waals surface area contributed by atoms with Crippen LogP contribution in [0.3, 0.4) is 0 Å². The molecule has 0 spiro atoms. The van der Waals surface area contributed by atoms with Crippen molar-refractivity contribution in [3.63, 3.8) is 0 Å². The summed E-state index contributed by atoms with van der Waals surface area (Å²) in [5.41, 5.74) is 0.413. The van der Waals surface area contributed by atoms with Crippen molar-refractivity contribution in [2.24, 2.45) is 0 Å². The molecule has 1 atom stereocenters. The van der Waals surface area contributed by atoms with Crippen LogP contribution in [0, 0.1) is 5.82 Å². The highest BCUT2D eigenvalue weighted by molar-refractivity contribution is 7.91. The number of carbonyl (C=O) groups is 1. The summed E-state index contributed by atoms with van der Waals surface area (Å²) in [6.45, 7) is -0.190. The molecule has 0 radical (unpaired) electrons. The molecule has 8 heteroatoms. The number of furan rings is 1.